The minimum absolute atomic E-state index is 0.119. The SMILES string of the molecule is COC(=O)CC/C=C\CC[C@H]1C(=O)C[C@@H](O)[C@@H]1/C=C/CC(C)(O)CCC1CCCC1. The van der Waals surface area contributed by atoms with E-state index < -0.39 is 11.7 Å². The number of hydrogen-bond acceptors (Lipinski definition) is 5. The minimum atomic E-state index is -0.732. The highest BCUT2D eigenvalue weighted by Crippen LogP contribution is 2.35. The van der Waals surface area contributed by atoms with Gasteiger partial charge < -0.3 is 14.9 Å². The lowest BCUT2D eigenvalue weighted by atomic mass is 9.87. The van der Waals surface area contributed by atoms with Gasteiger partial charge in [-0.25, -0.2) is 0 Å². The van der Waals surface area contributed by atoms with Crippen LogP contribution in [0.25, 0.3) is 0 Å². The van der Waals surface area contributed by atoms with Gasteiger partial charge in [0.2, 0.25) is 0 Å². The van der Waals surface area contributed by atoms with Crippen molar-refractivity contribution in [2.75, 3.05) is 7.11 Å². The third-order valence-electron chi connectivity index (χ3n) is 6.77. The Labute approximate surface area is 181 Å². The van der Waals surface area contributed by atoms with Gasteiger partial charge in [0.25, 0.3) is 0 Å². The molecule has 0 bridgehead atoms. The van der Waals surface area contributed by atoms with Gasteiger partial charge >= 0.3 is 5.97 Å². The van der Waals surface area contributed by atoms with Gasteiger partial charge in [-0.3, -0.25) is 9.59 Å². The highest BCUT2D eigenvalue weighted by Gasteiger charge is 2.39. The van der Waals surface area contributed by atoms with Gasteiger partial charge in [0.05, 0.1) is 18.8 Å². The largest absolute Gasteiger partial charge is 0.469 e. The molecule has 2 rings (SSSR count). The van der Waals surface area contributed by atoms with Crippen LogP contribution in [-0.4, -0.2) is 40.8 Å². The van der Waals surface area contributed by atoms with E-state index in [9.17, 15) is 19.8 Å². The lowest BCUT2D eigenvalue weighted by Gasteiger charge is -2.24. The summed E-state index contributed by atoms with van der Waals surface area (Å²) in [6, 6.07) is 0. The van der Waals surface area contributed by atoms with E-state index in [1.54, 1.807) is 0 Å². The molecule has 2 aliphatic rings. The molecular formula is C25H40O5. The van der Waals surface area contributed by atoms with Crippen LogP contribution in [0.1, 0.15) is 84.0 Å². The van der Waals surface area contributed by atoms with Crippen LogP contribution in [0.3, 0.4) is 0 Å². The Balaban J connectivity index is 1.77. The lowest BCUT2D eigenvalue weighted by molar-refractivity contribution is -0.140. The Morgan fingerprint density at radius 1 is 1.17 bits per heavy atom. The summed E-state index contributed by atoms with van der Waals surface area (Å²) in [5, 5.41) is 21.0. The third-order valence-corrected chi connectivity index (χ3v) is 6.77. The molecule has 0 heterocycles. The van der Waals surface area contributed by atoms with Gasteiger partial charge in [-0.1, -0.05) is 50.0 Å². The number of carbonyl (C=O) groups is 2. The molecule has 2 saturated carbocycles. The zero-order valence-electron chi connectivity index (χ0n) is 18.7. The number of ketones is 1. The standard InChI is InChI=1S/C25H40O5/c1-25(29,17-15-19-10-7-8-11-19)16-9-13-21-20(22(26)18-23(21)27)12-5-3-4-6-14-24(28)30-2/h3-4,9,13,19-21,23,27,29H,5-8,10-12,14-18H2,1-2H3/b4-3-,13-9+/t20-,21-,23-,25?/m1/s1. The summed E-state index contributed by atoms with van der Waals surface area (Å²) in [6.07, 6.45) is 17.5. The Morgan fingerprint density at radius 2 is 1.87 bits per heavy atom. The molecule has 0 radical (unpaired) electrons. The van der Waals surface area contributed by atoms with E-state index in [2.05, 4.69) is 4.74 Å². The molecule has 0 amide bonds. The van der Waals surface area contributed by atoms with E-state index >= 15 is 0 Å². The average molecular weight is 421 g/mol. The molecule has 170 valence electrons. The summed E-state index contributed by atoms with van der Waals surface area (Å²) in [5.74, 6) is 0.308. The normalized spacial score (nSPS) is 27.3. The maximum absolute atomic E-state index is 12.3. The molecular weight excluding hydrogens is 380 g/mol. The van der Waals surface area contributed by atoms with Crippen LogP contribution in [0.15, 0.2) is 24.3 Å². The topological polar surface area (TPSA) is 83.8 Å². The molecule has 5 heteroatoms. The molecule has 2 aliphatic carbocycles. The van der Waals surface area contributed by atoms with Crippen molar-refractivity contribution in [3.05, 3.63) is 24.3 Å². The van der Waals surface area contributed by atoms with Crippen molar-refractivity contribution in [1.29, 1.82) is 0 Å². The molecule has 2 fully saturated rings. The zero-order chi connectivity index (χ0) is 22.0. The van der Waals surface area contributed by atoms with Crippen LogP contribution in [-0.2, 0) is 14.3 Å². The number of Topliss-reactive ketones (excluding diaryl/α,β-unsaturated/α-hetero) is 1. The number of rotatable bonds is 12. The van der Waals surface area contributed by atoms with Crippen molar-refractivity contribution in [2.24, 2.45) is 17.8 Å². The first-order valence-electron chi connectivity index (χ1n) is 11.6. The summed E-state index contributed by atoms with van der Waals surface area (Å²) < 4.78 is 4.61. The van der Waals surface area contributed by atoms with E-state index in [1.165, 1.54) is 32.8 Å². The predicted molar refractivity (Wildman–Crippen MR) is 118 cm³/mol. The highest BCUT2D eigenvalue weighted by molar-refractivity contribution is 5.84. The maximum atomic E-state index is 12.3. The number of aliphatic hydroxyl groups is 2. The molecule has 5 nitrogen and oxygen atoms in total. The fourth-order valence-corrected chi connectivity index (χ4v) is 4.80. The zero-order valence-corrected chi connectivity index (χ0v) is 18.7. The molecule has 2 N–H and O–H groups in total. The quantitative estimate of drug-likeness (QED) is 0.358. The van der Waals surface area contributed by atoms with Crippen molar-refractivity contribution in [1.82, 2.24) is 0 Å². The number of carbonyl (C=O) groups excluding carboxylic acids is 2. The Morgan fingerprint density at radius 3 is 2.57 bits per heavy atom. The van der Waals surface area contributed by atoms with Crippen LogP contribution in [0.4, 0.5) is 0 Å². The molecule has 4 atom stereocenters. The fraction of sp³-hybridized carbons (Fsp3) is 0.760. The van der Waals surface area contributed by atoms with Crippen molar-refractivity contribution in [3.8, 4) is 0 Å². The van der Waals surface area contributed by atoms with E-state index in [0.717, 1.165) is 25.2 Å². The van der Waals surface area contributed by atoms with Crippen LogP contribution in [0.5, 0.6) is 0 Å². The van der Waals surface area contributed by atoms with E-state index in [-0.39, 0.29) is 30.0 Å². The molecule has 0 aliphatic heterocycles. The van der Waals surface area contributed by atoms with Gasteiger partial charge in [0.15, 0.2) is 0 Å². The minimum Gasteiger partial charge on any atom is -0.469 e. The Kier molecular flexibility index (Phi) is 10.3. The van der Waals surface area contributed by atoms with E-state index in [1.807, 2.05) is 31.2 Å². The molecule has 1 unspecified atom stereocenters. The van der Waals surface area contributed by atoms with Gasteiger partial charge in [0.1, 0.15) is 5.78 Å². The van der Waals surface area contributed by atoms with Crippen molar-refractivity contribution < 1.29 is 24.5 Å². The predicted octanol–water partition coefficient (Wildman–Crippen LogP) is 4.51. The lowest BCUT2D eigenvalue weighted by Crippen LogP contribution is -2.24. The molecule has 0 spiro atoms. The number of aliphatic hydroxyl groups excluding tert-OH is 1. The smallest absolute Gasteiger partial charge is 0.305 e. The highest BCUT2D eigenvalue weighted by atomic mass is 16.5. The Hall–Kier alpha value is -1.46. The first kappa shape index (κ1) is 24.8. The number of allylic oxidation sites excluding steroid dienone is 2. The van der Waals surface area contributed by atoms with Crippen LogP contribution in [0.2, 0.25) is 0 Å². The summed E-state index contributed by atoms with van der Waals surface area (Å²) >= 11 is 0. The van der Waals surface area contributed by atoms with Crippen molar-refractivity contribution in [2.45, 2.75) is 95.7 Å². The summed E-state index contributed by atoms with van der Waals surface area (Å²) in [7, 11) is 1.38. The Bertz CT molecular complexity index is 601. The number of hydrogen-bond donors (Lipinski definition) is 2. The second-order valence-corrected chi connectivity index (χ2v) is 9.40. The summed E-state index contributed by atoms with van der Waals surface area (Å²) in [5.41, 5.74) is -0.732. The maximum Gasteiger partial charge on any atom is 0.305 e. The average Bonchev–Trinajstić information content (AvgIpc) is 3.31. The van der Waals surface area contributed by atoms with E-state index in [0.29, 0.717) is 25.7 Å². The first-order valence-corrected chi connectivity index (χ1v) is 11.6. The number of ether oxygens (including phenoxy) is 1. The van der Waals surface area contributed by atoms with Crippen molar-refractivity contribution >= 4 is 11.8 Å². The van der Waals surface area contributed by atoms with Gasteiger partial charge in [0, 0.05) is 24.7 Å². The molecule has 0 aromatic heterocycles. The van der Waals surface area contributed by atoms with Crippen LogP contribution in [0, 0.1) is 17.8 Å². The van der Waals surface area contributed by atoms with Crippen LogP contribution >= 0.6 is 0 Å². The van der Waals surface area contributed by atoms with Gasteiger partial charge in [-0.2, -0.15) is 0 Å². The monoisotopic (exact) mass is 420 g/mol. The van der Waals surface area contributed by atoms with E-state index in [4.69, 9.17) is 0 Å². The second-order valence-electron chi connectivity index (χ2n) is 9.40. The summed E-state index contributed by atoms with van der Waals surface area (Å²) in [4.78, 5) is 23.4. The fourth-order valence-electron chi connectivity index (χ4n) is 4.80. The summed E-state index contributed by atoms with van der Waals surface area (Å²) in [6.45, 7) is 1.89. The molecule has 30 heavy (non-hydrogen) atoms. The van der Waals surface area contributed by atoms with Gasteiger partial charge in [-0.05, 0) is 51.4 Å². The first-order chi connectivity index (χ1) is 14.3. The number of esters is 1. The number of methoxy groups -OCH3 is 1. The van der Waals surface area contributed by atoms with Crippen LogP contribution < -0.4 is 0 Å². The van der Waals surface area contributed by atoms with Gasteiger partial charge in [-0.15, -0.1) is 0 Å². The molecule has 0 aromatic carbocycles. The second kappa shape index (κ2) is 12.4. The molecule has 0 saturated heterocycles. The molecule has 0 aromatic rings. The van der Waals surface area contributed by atoms with Crippen molar-refractivity contribution in [3.63, 3.8) is 0 Å². The third kappa shape index (κ3) is 8.35.